The Hall–Kier alpha value is -2.55. The summed E-state index contributed by atoms with van der Waals surface area (Å²) >= 11 is 5.56. The van der Waals surface area contributed by atoms with Gasteiger partial charge in [-0.05, 0) is 18.2 Å². The molecule has 6 nitrogen and oxygen atoms in total. The molecule has 0 aromatic carbocycles. The lowest BCUT2D eigenvalue weighted by Gasteiger charge is -2.10. The summed E-state index contributed by atoms with van der Waals surface area (Å²) in [5.74, 6) is 0.388. The van der Waals surface area contributed by atoms with Crippen LogP contribution in [0.15, 0.2) is 44.4 Å². The first-order valence-corrected chi connectivity index (χ1v) is 6.56. The van der Waals surface area contributed by atoms with Crippen LogP contribution in [-0.2, 0) is 12.7 Å². The minimum atomic E-state index is -4.63. The Bertz CT molecular complexity index is 884. The van der Waals surface area contributed by atoms with Crippen molar-refractivity contribution in [1.29, 1.82) is 0 Å². The third-order valence-corrected chi connectivity index (χ3v) is 3.16. The summed E-state index contributed by atoms with van der Waals surface area (Å²) in [5.41, 5.74) is -1.84. The zero-order chi connectivity index (χ0) is 16.6. The molecule has 0 fully saturated rings. The van der Waals surface area contributed by atoms with Gasteiger partial charge in [0, 0.05) is 6.20 Å². The van der Waals surface area contributed by atoms with Crippen LogP contribution in [0.1, 0.15) is 11.5 Å². The van der Waals surface area contributed by atoms with Gasteiger partial charge in [-0.3, -0.25) is 4.79 Å². The van der Waals surface area contributed by atoms with E-state index in [9.17, 15) is 18.0 Å². The van der Waals surface area contributed by atoms with Crippen molar-refractivity contribution < 1.29 is 22.1 Å². The van der Waals surface area contributed by atoms with Crippen molar-refractivity contribution in [2.24, 2.45) is 0 Å². The van der Waals surface area contributed by atoms with E-state index in [1.807, 2.05) is 0 Å². The van der Waals surface area contributed by atoms with Crippen molar-refractivity contribution in [2.45, 2.75) is 12.7 Å². The zero-order valence-corrected chi connectivity index (χ0v) is 11.9. The molecule has 0 amide bonds. The summed E-state index contributed by atoms with van der Waals surface area (Å²) in [7, 11) is 0. The molecule has 0 bridgehead atoms. The first kappa shape index (κ1) is 15.3. The highest BCUT2D eigenvalue weighted by atomic mass is 35.5. The van der Waals surface area contributed by atoms with Gasteiger partial charge < -0.3 is 13.5 Å². The predicted octanol–water partition coefficient (Wildman–Crippen LogP) is 3.21. The predicted molar refractivity (Wildman–Crippen MR) is 71.8 cm³/mol. The van der Waals surface area contributed by atoms with Gasteiger partial charge in [-0.2, -0.15) is 18.2 Å². The Morgan fingerprint density at radius 1 is 1.35 bits per heavy atom. The quantitative estimate of drug-likeness (QED) is 0.728. The first-order chi connectivity index (χ1) is 10.8. The normalized spacial score (nSPS) is 11.8. The Morgan fingerprint density at radius 3 is 2.78 bits per heavy atom. The molecule has 3 rings (SSSR count). The number of alkyl halides is 3. The van der Waals surface area contributed by atoms with Crippen molar-refractivity contribution in [2.75, 3.05) is 0 Å². The van der Waals surface area contributed by atoms with E-state index in [0.717, 1.165) is 4.57 Å². The van der Waals surface area contributed by atoms with Crippen molar-refractivity contribution >= 4 is 11.6 Å². The van der Waals surface area contributed by atoms with Gasteiger partial charge in [-0.25, -0.2) is 0 Å². The molecule has 0 aliphatic rings. The van der Waals surface area contributed by atoms with Crippen LogP contribution in [0.5, 0.6) is 0 Å². The van der Waals surface area contributed by atoms with Crippen LogP contribution in [0, 0.1) is 0 Å². The summed E-state index contributed by atoms with van der Waals surface area (Å²) in [4.78, 5) is 15.8. The molecular weight excluding hydrogens is 339 g/mol. The molecule has 0 atom stereocenters. The summed E-state index contributed by atoms with van der Waals surface area (Å²) < 4.78 is 49.0. The fourth-order valence-electron chi connectivity index (χ4n) is 1.84. The SMILES string of the molecule is O=c1c(Cl)cc(C(F)(F)F)cn1Cc1nc(-c2ccco2)no1. The van der Waals surface area contributed by atoms with Crippen molar-refractivity contribution in [3.8, 4) is 11.6 Å². The summed E-state index contributed by atoms with van der Waals surface area (Å²) in [6.45, 7) is -0.351. The summed E-state index contributed by atoms with van der Waals surface area (Å²) in [6.07, 6.45) is -2.58. The molecule has 0 unspecified atom stereocenters. The smallest absolute Gasteiger partial charge is 0.417 e. The van der Waals surface area contributed by atoms with Crippen LogP contribution in [0.3, 0.4) is 0 Å². The maximum absolute atomic E-state index is 12.8. The number of rotatable bonds is 3. The molecular formula is C13H7ClF3N3O3. The van der Waals surface area contributed by atoms with E-state index < -0.39 is 22.3 Å². The first-order valence-electron chi connectivity index (χ1n) is 6.18. The van der Waals surface area contributed by atoms with E-state index in [1.54, 1.807) is 12.1 Å². The molecule has 0 spiro atoms. The van der Waals surface area contributed by atoms with E-state index in [-0.39, 0.29) is 18.3 Å². The highest BCUT2D eigenvalue weighted by molar-refractivity contribution is 6.30. The Labute approximate surface area is 131 Å². The number of halogens is 4. The van der Waals surface area contributed by atoms with Crippen LogP contribution in [0.25, 0.3) is 11.6 Å². The number of pyridine rings is 1. The van der Waals surface area contributed by atoms with Crippen LogP contribution in [-0.4, -0.2) is 14.7 Å². The summed E-state index contributed by atoms with van der Waals surface area (Å²) in [5, 5.41) is 3.08. The van der Waals surface area contributed by atoms with Crippen LogP contribution in [0.2, 0.25) is 5.02 Å². The van der Waals surface area contributed by atoms with Gasteiger partial charge >= 0.3 is 6.18 Å². The van der Waals surface area contributed by atoms with E-state index >= 15 is 0 Å². The average Bonchev–Trinajstić information content (AvgIpc) is 3.13. The highest BCUT2D eigenvalue weighted by Gasteiger charge is 2.32. The molecule has 3 aromatic heterocycles. The molecule has 0 saturated carbocycles. The lowest BCUT2D eigenvalue weighted by molar-refractivity contribution is -0.138. The van der Waals surface area contributed by atoms with Gasteiger partial charge in [-0.15, -0.1) is 0 Å². The highest BCUT2D eigenvalue weighted by Crippen LogP contribution is 2.29. The average molecular weight is 346 g/mol. The second kappa shape index (κ2) is 5.58. The molecule has 0 saturated heterocycles. The molecule has 3 heterocycles. The van der Waals surface area contributed by atoms with Gasteiger partial charge in [0.15, 0.2) is 5.76 Å². The molecule has 0 aliphatic heterocycles. The molecule has 3 aromatic rings. The van der Waals surface area contributed by atoms with Gasteiger partial charge in [0.05, 0.1) is 11.8 Å². The number of nitrogens with zero attached hydrogens (tertiary/aromatic N) is 3. The van der Waals surface area contributed by atoms with Gasteiger partial charge in [0.25, 0.3) is 5.56 Å². The Kier molecular flexibility index (Phi) is 3.72. The standard InChI is InChI=1S/C13H7ClF3N3O3/c14-8-4-7(13(15,16)17)5-20(12(8)21)6-10-18-11(19-23-10)9-2-1-3-22-9/h1-5H,6H2. The Balaban J connectivity index is 1.94. The second-order valence-corrected chi connectivity index (χ2v) is 4.90. The van der Waals surface area contributed by atoms with Crippen LogP contribution in [0.4, 0.5) is 13.2 Å². The van der Waals surface area contributed by atoms with Gasteiger partial charge in [0.2, 0.25) is 11.7 Å². The molecule has 23 heavy (non-hydrogen) atoms. The minimum absolute atomic E-state index is 0.0612. The lowest BCUT2D eigenvalue weighted by atomic mass is 10.2. The number of hydrogen-bond donors (Lipinski definition) is 0. The number of furan rings is 1. The molecule has 0 aliphatic carbocycles. The van der Waals surface area contributed by atoms with Crippen LogP contribution < -0.4 is 5.56 Å². The van der Waals surface area contributed by atoms with Gasteiger partial charge in [0.1, 0.15) is 11.6 Å². The van der Waals surface area contributed by atoms with Crippen molar-refractivity contribution in [3.05, 3.63) is 57.5 Å². The van der Waals surface area contributed by atoms with E-state index in [1.165, 1.54) is 6.26 Å². The minimum Gasteiger partial charge on any atom is -0.461 e. The number of hydrogen-bond acceptors (Lipinski definition) is 5. The maximum Gasteiger partial charge on any atom is 0.417 e. The maximum atomic E-state index is 12.8. The fourth-order valence-corrected chi connectivity index (χ4v) is 2.07. The number of aromatic nitrogens is 3. The van der Waals surface area contributed by atoms with E-state index in [0.29, 0.717) is 18.0 Å². The third kappa shape index (κ3) is 3.14. The monoisotopic (exact) mass is 345 g/mol. The fraction of sp³-hybridized carbons (Fsp3) is 0.154. The lowest BCUT2D eigenvalue weighted by Crippen LogP contribution is -2.23. The topological polar surface area (TPSA) is 74.1 Å². The molecule has 120 valence electrons. The summed E-state index contributed by atoms with van der Waals surface area (Å²) in [6, 6.07) is 3.77. The van der Waals surface area contributed by atoms with Crippen molar-refractivity contribution in [1.82, 2.24) is 14.7 Å². The van der Waals surface area contributed by atoms with E-state index in [4.69, 9.17) is 20.5 Å². The molecule has 0 radical (unpaired) electrons. The third-order valence-electron chi connectivity index (χ3n) is 2.88. The van der Waals surface area contributed by atoms with Crippen LogP contribution >= 0.6 is 11.6 Å². The second-order valence-electron chi connectivity index (χ2n) is 4.50. The van der Waals surface area contributed by atoms with E-state index in [2.05, 4.69) is 10.1 Å². The molecule has 10 heteroatoms. The Morgan fingerprint density at radius 2 is 2.13 bits per heavy atom. The van der Waals surface area contributed by atoms with Crippen molar-refractivity contribution in [3.63, 3.8) is 0 Å². The molecule has 0 N–H and O–H groups in total. The zero-order valence-electron chi connectivity index (χ0n) is 11.2. The largest absolute Gasteiger partial charge is 0.461 e. The van der Waals surface area contributed by atoms with Gasteiger partial charge in [-0.1, -0.05) is 16.8 Å².